The standard InChI is InChI=1S/C15H19F3N2O/c1-2-20(14(21)15(16,17)18)12-8-9-19-13(10-12)11-6-4-3-5-7-11/h3-7,12-13,19H,2,8-10H2,1H3/t12-,13+/m1/s1. The largest absolute Gasteiger partial charge is 0.471 e. The Kier molecular flexibility index (Phi) is 4.88. The van der Waals surface area contributed by atoms with Gasteiger partial charge in [-0.2, -0.15) is 13.2 Å². The lowest BCUT2D eigenvalue weighted by atomic mass is 9.92. The zero-order valence-corrected chi connectivity index (χ0v) is 11.9. The molecule has 1 aromatic rings. The molecule has 3 nitrogen and oxygen atoms in total. The molecule has 21 heavy (non-hydrogen) atoms. The molecule has 0 bridgehead atoms. The average Bonchev–Trinajstić information content (AvgIpc) is 2.48. The Labute approximate surface area is 122 Å². The van der Waals surface area contributed by atoms with Crippen LogP contribution >= 0.6 is 0 Å². The van der Waals surface area contributed by atoms with Crippen molar-refractivity contribution in [2.45, 2.75) is 38.0 Å². The first-order valence-corrected chi connectivity index (χ1v) is 7.09. The highest BCUT2D eigenvalue weighted by atomic mass is 19.4. The zero-order valence-electron chi connectivity index (χ0n) is 11.9. The fraction of sp³-hybridized carbons (Fsp3) is 0.533. The van der Waals surface area contributed by atoms with Crippen LogP contribution in [0.15, 0.2) is 30.3 Å². The minimum atomic E-state index is -4.80. The van der Waals surface area contributed by atoms with Crippen molar-refractivity contribution in [1.29, 1.82) is 0 Å². The molecule has 1 heterocycles. The van der Waals surface area contributed by atoms with Gasteiger partial charge in [-0.3, -0.25) is 4.79 Å². The number of alkyl halides is 3. The number of halogens is 3. The summed E-state index contributed by atoms with van der Waals surface area (Å²) in [6.07, 6.45) is -3.76. The predicted octanol–water partition coefficient (Wildman–Crippen LogP) is 2.89. The van der Waals surface area contributed by atoms with E-state index in [1.807, 2.05) is 30.3 Å². The minimum Gasteiger partial charge on any atom is -0.332 e. The van der Waals surface area contributed by atoms with Gasteiger partial charge in [0.2, 0.25) is 0 Å². The SMILES string of the molecule is CCN(C(=O)C(F)(F)F)[C@@H]1CCN[C@H](c2ccccc2)C1. The van der Waals surface area contributed by atoms with Crippen LogP contribution < -0.4 is 5.32 Å². The van der Waals surface area contributed by atoms with E-state index in [1.54, 1.807) is 6.92 Å². The Balaban J connectivity index is 2.11. The van der Waals surface area contributed by atoms with E-state index >= 15 is 0 Å². The van der Waals surface area contributed by atoms with Crippen LogP contribution in [-0.4, -0.2) is 36.1 Å². The fourth-order valence-corrected chi connectivity index (χ4v) is 2.85. The molecule has 0 aromatic heterocycles. The predicted molar refractivity (Wildman–Crippen MR) is 73.6 cm³/mol. The number of nitrogens with zero attached hydrogens (tertiary/aromatic N) is 1. The van der Waals surface area contributed by atoms with Crippen LogP contribution in [0.4, 0.5) is 13.2 Å². The second kappa shape index (κ2) is 6.47. The number of carbonyl (C=O) groups excluding carboxylic acids is 1. The van der Waals surface area contributed by atoms with Crippen LogP contribution in [-0.2, 0) is 4.79 Å². The molecule has 0 saturated carbocycles. The maximum Gasteiger partial charge on any atom is 0.471 e. The number of hydrogen-bond acceptors (Lipinski definition) is 2. The highest BCUT2D eigenvalue weighted by molar-refractivity contribution is 5.82. The number of nitrogens with one attached hydrogen (secondary N) is 1. The Bertz CT molecular complexity index is 476. The number of amides is 1. The van der Waals surface area contributed by atoms with Gasteiger partial charge in [-0.1, -0.05) is 30.3 Å². The average molecular weight is 300 g/mol. The molecule has 1 N–H and O–H groups in total. The molecule has 1 amide bonds. The number of carbonyl (C=O) groups is 1. The topological polar surface area (TPSA) is 32.3 Å². The Morgan fingerprint density at radius 1 is 1.33 bits per heavy atom. The van der Waals surface area contributed by atoms with Gasteiger partial charge in [0.15, 0.2) is 0 Å². The van der Waals surface area contributed by atoms with Crippen molar-refractivity contribution < 1.29 is 18.0 Å². The van der Waals surface area contributed by atoms with Gasteiger partial charge in [0.25, 0.3) is 0 Å². The Morgan fingerprint density at radius 2 is 2.00 bits per heavy atom. The minimum absolute atomic E-state index is 0.0139. The summed E-state index contributed by atoms with van der Waals surface area (Å²) in [6, 6.07) is 9.20. The molecular formula is C15H19F3N2O. The Hall–Kier alpha value is -1.56. The third kappa shape index (κ3) is 3.75. The third-order valence-electron chi connectivity index (χ3n) is 3.86. The second-order valence-electron chi connectivity index (χ2n) is 5.18. The van der Waals surface area contributed by atoms with E-state index in [9.17, 15) is 18.0 Å². The van der Waals surface area contributed by atoms with Crippen molar-refractivity contribution in [3.05, 3.63) is 35.9 Å². The zero-order chi connectivity index (χ0) is 15.5. The molecule has 1 fully saturated rings. The molecule has 1 saturated heterocycles. The summed E-state index contributed by atoms with van der Waals surface area (Å²) >= 11 is 0. The summed E-state index contributed by atoms with van der Waals surface area (Å²) in [7, 11) is 0. The van der Waals surface area contributed by atoms with Gasteiger partial charge in [-0.25, -0.2) is 0 Å². The van der Waals surface area contributed by atoms with Crippen LogP contribution in [0.3, 0.4) is 0 Å². The molecule has 2 rings (SSSR count). The molecular weight excluding hydrogens is 281 g/mol. The summed E-state index contributed by atoms with van der Waals surface area (Å²) < 4.78 is 38.0. The van der Waals surface area contributed by atoms with E-state index in [4.69, 9.17) is 0 Å². The fourth-order valence-electron chi connectivity index (χ4n) is 2.85. The molecule has 1 aliphatic heterocycles. The summed E-state index contributed by atoms with van der Waals surface area (Å²) in [5.41, 5.74) is 1.04. The Morgan fingerprint density at radius 3 is 2.57 bits per heavy atom. The smallest absolute Gasteiger partial charge is 0.332 e. The molecule has 0 spiro atoms. The first kappa shape index (κ1) is 15.8. The van der Waals surface area contributed by atoms with Gasteiger partial charge in [0.1, 0.15) is 0 Å². The summed E-state index contributed by atoms with van der Waals surface area (Å²) in [6.45, 7) is 2.26. The number of hydrogen-bond donors (Lipinski definition) is 1. The summed E-state index contributed by atoms with van der Waals surface area (Å²) in [5.74, 6) is -1.73. The van der Waals surface area contributed by atoms with Crippen LogP contribution in [0, 0.1) is 0 Å². The summed E-state index contributed by atoms with van der Waals surface area (Å²) in [4.78, 5) is 12.5. The van der Waals surface area contributed by atoms with Crippen molar-refractivity contribution >= 4 is 5.91 Å². The summed E-state index contributed by atoms with van der Waals surface area (Å²) in [5, 5.41) is 3.30. The maximum absolute atomic E-state index is 12.7. The lowest BCUT2D eigenvalue weighted by Crippen LogP contribution is -2.51. The number of rotatable bonds is 3. The molecule has 6 heteroatoms. The highest BCUT2D eigenvalue weighted by Crippen LogP contribution is 2.29. The van der Waals surface area contributed by atoms with Crippen molar-refractivity contribution in [3.8, 4) is 0 Å². The molecule has 1 aliphatic rings. The van der Waals surface area contributed by atoms with Gasteiger partial charge < -0.3 is 10.2 Å². The lowest BCUT2D eigenvalue weighted by Gasteiger charge is -2.38. The van der Waals surface area contributed by atoms with Gasteiger partial charge in [-0.05, 0) is 31.9 Å². The molecule has 0 radical (unpaired) electrons. The maximum atomic E-state index is 12.7. The first-order valence-electron chi connectivity index (χ1n) is 7.09. The van der Waals surface area contributed by atoms with Gasteiger partial charge in [0.05, 0.1) is 0 Å². The quantitative estimate of drug-likeness (QED) is 0.931. The second-order valence-corrected chi connectivity index (χ2v) is 5.18. The number of piperidine rings is 1. The van der Waals surface area contributed by atoms with E-state index in [2.05, 4.69) is 5.32 Å². The third-order valence-corrected chi connectivity index (χ3v) is 3.86. The van der Waals surface area contributed by atoms with Gasteiger partial charge >= 0.3 is 12.1 Å². The van der Waals surface area contributed by atoms with Gasteiger partial charge in [-0.15, -0.1) is 0 Å². The molecule has 2 atom stereocenters. The first-order chi connectivity index (χ1) is 9.93. The van der Waals surface area contributed by atoms with E-state index in [0.29, 0.717) is 19.4 Å². The van der Waals surface area contributed by atoms with Crippen molar-refractivity contribution in [1.82, 2.24) is 10.2 Å². The van der Waals surface area contributed by atoms with Crippen molar-refractivity contribution in [3.63, 3.8) is 0 Å². The van der Waals surface area contributed by atoms with E-state index in [0.717, 1.165) is 10.5 Å². The monoisotopic (exact) mass is 300 g/mol. The van der Waals surface area contributed by atoms with Crippen LogP contribution in [0.2, 0.25) is 0 Å². The van der Waals surface area contributed by atoms with E-state index in [-0.39, 0.29) is 18.6 Å². The van der Waals surface area contributed by atoms with Gasteiger partial charge in [0, 0.05) is 18.6 Å². The molecule has 1 aromatic carbocycles. The van der Waals surface area contributed by atoms with E-state index in [1.165, 1.54) is 0 Å². The van der Waals surface area contributed by atoms with Crippen molar-refractivity contribution in [2.24, 2.45) is 0 Å². The number of benzene rings is 1. The van der Waals surface area contributed by atoms with Crippen LogP contribution in [0.1, 0.15) is 31.4 Å². The molecule has 0 aliphatic carbocycles. The van der Waals surface area contributed by atoms with Crippen molar-refractivity contribution in [2.75, 3.05) is 13.1 Å². The normalized spacial score (nSPS) is 22.9. The van der Waals surface area contributed by atoms with E-state index < -0.39 is 12.1 Å². The lowest BCUT2D eigenvalue weighted by molar-refractivity contribution is -0.188. The highest BCUT2D eigenvalue weighted by Gasteiger charge is 2.44. The molecule has 116 valence electrons. The van der Waals surface area contributed by atoms with Crippen LogP contribution in [0.5, 0.6) is 0 Å². The molecule has 0 unspecified atom stereocenters. The van der Waals surface area contributed by atoms with Crippen LogP contribution in [0.25, 0.3) is 0 Å².